The fraction of sp³-hybridized carbons (Fsp3) is 0.410. The second-order valence-electron chi connectivity index (χ2n) is 32.4. The number of anilines is 1. The molecule has 0 spiro atoms. The summed E-state index contributed by atoms with van der Waals surface area (Å²) in [7, 11) is -36.3. The van der Waals surface area contributed by atoms with Crippen LogP contribution in [0.1, 0.15) is 110 Å². The molecule has 15 N–H and O–H groups in total. The molecule has 58 heteroatoms. The maximum absolute atomic E-state index is 11.6. The maximum Gasteiger partial charge on any atom is 0.264 e. The summed E-state index contributed by atoms with van der Waals surface area (Å²) in [6.07, 6.45) is 10.6. The number of amidine groups is 7. The molecule has 0 bridgehead atoms. The Labute approximate surface area is 823 Å². The SMILES string of the molecule is CS(=O)(=O)CCCOc1cccc2c1C(N)=NS(=O)(=O)C2.CS(=O)(=O)CCOc1cccc2c1C(N)=NS(=O)(=O)C2.CS(=O)(=O)OCCNc1cccc2c1C(N)=NS(=O)(=O)C2.CS(=O)CCCOc1cccc2c1C(N)=NS(=O)(=O)C2.CS(=O)CCOc1cccc2c1C(N)=NS(=O)(=O)C2.NC1=NS(=O)(=O)Cc2cccc(OCC3CCCO3)c21.NC1=NS(=O)(=O)Cc2cccc(OCC3CCOC3)c21. The van der Waals surface area contributed by atoms with E-state index >= 15 is 0 Å². The predicted octanol–water partition coefficient (Wildman–Crippen LogP) is 1.15. The number of sulfonamides is 7. The first kappa shape index (κ1) is 112. The number of nitrogens with zero attached hydrogens (tertiary/aromatic N) is 7. The van der Waals surface area contributed by atoms with Crippen LogP contribution in [0.2, 0.25) is 0 Å². The lowest BCUT2D eigenvalue weighted by molar-refractivity contribution is 0.0678. The van der Waals surface area contributed by atoms with E-state index in [4.69, 9.17) is 78.0 Å². The first-order chi connectivity index (χ1) is 65.9. The molecule has 0 aliphatic carbocycles. The Morgan fingerprint density at radius 1 is 0.362 bits per heavy atom. The van der Waals surface area contributed by atoms with Gasteiger partial charge in [0.05, 0.1) is 143 Å². The first-order valence-electron chi connectivity index (χ1n) is 42.3. The van der Waals surface area contributed by atoms with Gasteiger partial charge in [0.1, 0.15) is 98.4 Å². The highest BCUT2D eigenvalue weighted by atomic mass is 32.2. The number of rotatable bonds is 29. The lowest BCUT2D eigenvalue weighted by atomic mass is 10.1. The van der Waals surface area contributed by atoms with E-state index < -0.39 is 122 Å². The van der Waals surface area contributed by atoms with Gasteiger partial charge in [0.15, 0.2) is 9.84 Å². The van der Waals surface area contributed by atoms with Gasteiger partial charge in [0.25, 0.3) is 80.3 Å². The van der Waals surface area contributed by atoms with Crippen molar-refractivity contribution in [2.45, 2.75) is 78.5 Å². The molecule has 0 aromatic heterocycles. The molecule has 7 aromatic rings. The molecule has 4 unspecified atom stereocenters. The van der Waals surface area contributed by atoms with Crippen molar-refractivity contribution in [2.75, 3.05) is 132 Å². The van der Waals surface area contributed by atoms with Gasteiger partial charge in [-0.25, -0.2) is 75.8 Å². The van der Waals surface area contributed by atoms with Crippen molar-refractivity contribution in [1.29, 1.82) is 0 Å². The fourth-order valence-electron chi connectivity index (χ4n) is 14.6. The highest BCUT2D eigenvalue weighted by Gasteiger charge is 2.34. The van der Waals surface area contributed by atoms with E-state index in [1.807, 2.05) is 0 Å². The third kappa shape index (κ3) is 34.7. The molecule has 9 heterocycles. The summed E-state index contributed by atoms with van der Waals surface area (Å²) in [5.74, 6) is 2.40. The summed E-state index contributed by atoms with van der Waals surface area (Å²) in [6.45, 7) is 4.24. The van der Waals surface area contributed by atoms with Crippen molar-refractivity contribution in [3.05, 3.63) is 205 Å². The van der Waals surface area contributed by atoms with Crippen LogP contribution in [0.5, 0.6) is 34.5 Å². The smallest absolute Gasteiger partial charge is 0.264 e. The van der Waals surface area contributed by atoms with Crippen molar-refractivity contribution < 1.29 is 135 Å². The topological polar surface area (TPSA) is 739 Å². The maximum atomic E-state index is 11.6. The Bertz CT molecular complexity index is 7130. The molecule has 16 rings (SSSR count). The number of benzene rings is 7. The fourth-order valence-corrected chi connectivity index (χ4v) is 24.4. The van der Waals surface area contributed by atoms with Gasteiger partial charge in [-0.2, -0.15) is 8.42 Å². The van der Waals surface area contributed by atoms with Gasteiger partial charge in [0.2, 0.25) is 0 Å². The molecule has 0 saturated carbocycles. The zero-order chi connectivity index (χ0) is 103. The van der Waals surface area contributed by atoms with Crippen LogP contribution in [0.3, 0.4) is 0 Å². The minimum atomic E-state index is -3.59. The Morgan fingerprint density at radius 2 is 0.667 bits per heavy atom. The van der Waals surface area contributed by atoms with Gasteiger partial charge in [0, 0.05) is 89.3 Å². The Kier molecular flexibility index (Phi) is 38.2. The van der Waals surface area contributed by atoms with Crippen LogP contribution in [-0.2, 0) is 175 Å². The van der Waals surface area contributed by atoms with Crippen LogP contribution >= 0.6 is 0 Å². The summed E-state index contributed by atoms with van der Waals surface area (Å²) in [5.41, 5.74) is 48.2. The standard InChI is InChI=1S/2C13H16N2O4S.C12H16N2O5S2.C12H16N2O4S2.C11H15N3O5S2.C11H14N2O5S2.C11H14N2O4S2/c14-13-12-9(8-20(16,17)15-13)3-1-5-11(12)19-7-10-4-2-6-18-10;14-13-12-10(8-20(16,17)15-13)2-1-3-11(12)19-7-9-4-5-18-6-9;1-20(15,16)7-3-6-19-10-5-2-4-9-8-21(17,18)14-12(13)11(9)10;1-19(15)7-3-6-18-10-5-2-4-9-8-20(16,17)14-12(13)11(9)10;1-20(15,16)19-6-5-13-9-4-2-3-8-7-21(17,18)14-11(12)10(8)9;1-19(14,15)6-5-18-9-4-2-3-8-7-20(16,17)13-11(12)10(8)9;1-18(14)6-5-17-9-4-2-3-8-7-19(15,16)13-11(12)10(8)9/h1,3,5,10H,2,4,6-8H2,(H2,14,15);1-3,9H,4-8H2,(H2,14,15);2,4-5H,3,6-8H2,1H3,(H2,13,14);2,4-5H,3,6-8H2,1H3,(H2,13,14);2-4,13H,5-7H2,1H3,(H2,12,14);2-4H,5-7H2,1H3,(H2,12,13);2-4H,5-7H2,1H3,(H2,12,13). The normalized spacial score (nSPS) is 19.3. The van der Waals surface area contributed by atoms with E-state index in [1.54, 1.807) is 140 Å². The average molecular weight is 2200 g/mol. The summed E-state index contributed by atoms with van der Waals surface area (Å²) in [4.78, 5) is 0. The first-order valence-corrected chi connectivity index (χ1v) is 63.0. The number of sulfone groups is 2. The van der Waals surface area contributed by atoms with Crippen LogP contribution in [0.4, 0.5) is 5.69 Å². The third-order valence-corrected chi connectivity index (χ3v) is 32.6. The number of hydrogen-bond donors (Lipinski definition) is 8. The van der Waals surface area contributed by atoms with Gasteiger partial charge < -0.3 is 83.3 Å². The molecular formula is C83H107N15O31S12. The minimum Gasteiger partial charge on any atom is -0.493 e. The van der Waals surface area contributed by atoms with Crippen LogP contribution < -0.4 is 73.9 Å². The number of ether oxygens (including phenoxy) is 8. The summed E-state index contributed by atoms with van der Waals surface area (Å²) in [5, 5.41) is 2.96. The molecule has 2 saturated heterocycles. The minimum absolute atomic E-state index is 0.00419. The third-order valence-electron chi connectivity index (χ3n) is 20.4. The zero-order valence-electron chi connectivity index (χ0n) is 76.6. The number of nitrogens with two attached hydrogens (primary N) is 7. The molecule has 46 nitrogen and oxygen atoms in total. The summed E-state index contributed by atoms with van der Waals surface area (Å²) in [6, 6.07) is 35.6. The van der Waals surface area contributed by atoms with Crippen LogP contribution in [-0.4, -0.2) is 266 Å². The number of fused-ring (bicyclic) bond motifs is 7. The average Bonchev–Trinajstić information content (AvgIpc) is 1.72. The Hall–Kier alpha value is -10.9. The van der Waals surface area contributed by atoms with E-state index in [0.717, 1.165) is 51.2 Å². The predicted molar refractivity (Wildman–Crippen MR) is 535 cm³/mol. The van der Waals surface area contributed by atoms with Gasteiger partial charge in [-0.05, 0) is 114 Å². The van der Waals surface area contributed by atoms with E-state index in [-0.39, 0.29) is 132 Å². The van der Waals surface area contributed by atoms with Crippen molar-refractivity contribution in [3.8, 4) is 34.5 Å². The van der Waals surface area contributed by atoms with Gasteiger partial charge in [-0.3, -0.25) is 12.6 Å². The van der Waals surface area contributed by atoms with Gasteiger partial charge >= 0.3 is 0 Å². The lowest BCUT2D eigenvalue weighted by Crippen LogP contribution is -2.26. The zero-order valence-corrected chi connectivity index (χ0v) is 86.4. The van der Waals surface area contributed by atoms with Crippen molar-refractivity contribution >= 4 is 168 Å². The van der Waals surface area contributed by atoms with Gasteiger partial charge in [-0.15, -0.1) is 30.8 Å². The van der Waals surface area contributed by atoms with Crippen molar-refractivity contribution in [2.24, 2.45) is 76.8 Å². The molecule has 4 atom stereocenters. The highest BCUT2D eigenvalue weighted by molar-refractivity contribution is 7.92. The van der Waals surface area contributed by atoms with Crippen LogP contribution in [0.25, 0.3) is 0 Å². The molecule has 2 fully saturated rings. The summed E-state index contributed by atoms with van der Waals surface area (Å²) < 4.78 is 323. The van der Waals surface area contributed by atoms with E-state index in [2.05, 4.69) is 40.3 Å². The molecule has 9 aliphatic heterocycles. The second-order valence-corrected chi connectivity index (χ2v) is 53.1. The largest absolute Gasteiger partial charge is 0.493 e. The van der Waals surface area contributed by atoms with E-state index in [9.17, 15) is 92.6 Å². The highest BCUT2D eigenvalue weighted by Crippen LogP contribution is 2.36. The number of nitrogens with one attached hydrogen (secondary N) is 1. The van der Waals surface area contributed by atoms with Crippen molar-refractivity contribution in [1.82, 2.24) is 0 Å². The molecule has 9 aliphatic rings. The molecule has 7 aromatic carbocycles. The number of hydrogen-bond acceptors (Lipinski definition) is 39. The molecule has 772 valence electrons. The van der Waals surface area contributed by atoms with Crippen LogP contribution in [0, 0.1) is 5.92 Å². The molecule has 141 heavy (non-hydrogen) atoms. The Morgan fingerprint density at radius 3 is 0.979 bits per heavy atom. The van der Waals surface area contributed by atoms with E-state index in [1.165, 1.54) is 0 Å². The van der Waals surface area contributed by atoms with Crippen LogP contribution in [0.15, 0.2) is 158 Å². The second kappa shape index (κ2) is 48.0. The monoisotopic (exact) mass is 2190 g/mol. The molecular weight excluding hydrogens is 2090 g/mol. The molecule has 0 amide bonds. The summed E-state index contributed by atoms with van der Waals surface area (Å²) >= 11 is 0. The Balaban J connectivity index is 0.000000169. The molecule has 0 radical (unpaired) electrons. The van der Waals surface area contributed by atoms with E-state index in [0.29, 0.717) is 175 Å². The quantitative estimate of drug-likeness (QED) is 0.0241. The van der Waals surface area contributed by atoms with Gasteiger partial charge in [-0.1, -0.05) is 84.9 Å². The lowest BCUT2D eigenvalue weighted by Gasteiger charge is -2.19. The van der Waals surface area contributed by atoms with Crippen molar-refractivity contribution in [3.63, 3.8) is 0 Å².